The van der Waals surface area contributed by atoms with Gasteiger partial charge in [-0.15, -0.1) is 0 Å². The molecule has 0 radical (unpaired) electrons. The Kier molecular flexibility index (Phi) is 4.88. The third-order valence-electron chi connectivity index (χ3n) is 4.49. The first-order valence-corrected chi connectivity index (χ1v) is 8.18. The average molecular weight is 290 g/mol. The van der Waals surface area contributed by atoms with Crippen LogP contribution >= 0.6 is 0 Å². The molecule has 0 spiro atoms. The van der Waals surface area contributed by atoms with Gasteiger partial charge in [0.05, 0.1) is 17.7 Å². The highest BCUT2D eigenvalue weighted by atomic mass is 15.0. The number of nitriles is 1. The van der Waals surface area contributed by atoms with Gasteiger partial charge < -0.3 is 5.32 Å². The summed E-state index contributed by atoms with van der Waals surface area (Å²) in [5, 5.41) is 13.0. The standard InChI is InChI=1S/C20H22N2/c21-15-16-8-7-11-18(14-16)20(17-9-3-1-4-10-17)22-19-12-5-2-6-13-19/h1,3-4,7-11,14,19-20,22H,2,5-6,12-13H2. The van der Waals surface area contributed by atoms with Crippen molar-refractivity contribution in [2.45, 2.75) is 44.2 Å². The van der Waals surface area contributed by atoms with Crippen molar-refractivity contribution in [3.05, 3.63) is 71.3 Å². The van der Waals surface area contributed by atoms with Gasteiger partial charge >= 0.3 is 0 Å². The van der Waals surface area contributed by atoms with Crippen molar-refractivity contribution < 1.29 is 0 Å². The highest BCUT2D eigenvalue weighted by molar-refractivity contribution is 5.38. The molecule has 1 unspecified atom stereocenters. The number of nitrogens with one attached hydrogen (secondary N) is 1. The van der Waals surface area contributed by atoms with Gasteiger partial charge in [0.15, 0.2) is 0 Å². The van der Waals surface area contributed by atoms with Crippen LogP contribution in [-0.2, 0) is 0 Å². The lowest BCUT2D eigenvalue weighted by molar-refractivity contribution is 0.354. The number of hydrogen-bond donors (Lipinski definition) is 1. The molecule has 0 aromatic heterocycles. The van der Waals surface area contributed by atoms with Crippen LogP contribution in [0.2, 0.25) is 0 Å². The highest BCUT2D eigenvalue weighted by Gasteiger charge is 2.20. The molecule has 0 amide bonds. The second kappa shape index (κ2) is 7.24. The SMILES string of the molecule is N#Cc1cccc(C(NC2CCCCC2)c2ccccc2)c1. The van der Waals surface area contributed by atoms with E-state index in [0.717, 1.165) is 5.56 Å². The fraction of sp³-hybridized carbons (Fsp3) is 0.350. The van der Waals surface area contributed by atoms with E-state index in [4.69, 9.17) is 5.26 Å². The summed E-state index contributed by atoms with van der Waals surface area (Å²) in [6.07, 6.45) is 6.50. The molecule has 0 heterocycles. The molecule has 0 aliphatic heterocycles. The van der Waals surface area contributed by atoms with E-state index in [0.29, 0.717) is 6.04 Å². The summed E-state index contributed by atoms with van der Waals surface area (Å²) in [6.45, 7) is 0. The van der Waals surface area contributed by atoms with Crippen LogP contribution in [-0.4, -0.2) is 6.04 Å². The Morgan fingerprint density at radius 2 is 1.64 bits per heavy atom. The van der Waals surface area contributed by atoms with Crippen LogP contribution in [0.4, 0.5) is 0 Å². The molecule has 2 heteroatoms. The molecule has 1 aliphatic carbocycles. The zero-order valence-electron chi connectivity index (χ0n) is 12.8. The monoisotopic (exact) mass is 290 g/mol. The molecule has 2 aromatic rings. The lowest BCUT2D eigenvalue weighted by Crippen LogP contribution is -2.35. The van der Waals surface area contributed by atoms with E-state index in [2.05, 4.69) is 41.7 Å². The molecule has 22 heavy (non-hydrogen) atoms. The smallest absolute Gasteiger partial charge is 0.0991 e. The normalized spacial score (nSPS) is 16.9. The topological polar surface area (TPSA) is 35.8 Å². The van der Waals surface area contributed by atoms with Crippen LogP contribution in [0.1, 0.15) is 54.8 Å². The predicted octanol–water partition coefficient (Wildman–Crippen LogP) is 4.57. The summed E-state index contributed by atoms with van der Waals surface area (Å²) >= 11 is 0. The maximum absolute atomic E-state index is 9.17. The second-order valence-corrected chi connectivity index (χ2v) is 6.08. The zero-order valence-corrected chi connectivity index (χ0v) is 12.8. The van der Waals surface area contributed by atoms with Gasteiger partial charge in [-0.2, -0.15) is 5.26 Å². The zero-order chi connectivity index (χ0) is 15.2. The third kappa shape index (κ3) is 3.55. The highest BCUT2D eigenvalue weighted by Crippen LogP contribution is 2.27. The summed E-state index contributed by atoms with van der Waals surface area (Å²) in [5.41, 5.74) is 3.17. The maximum atomic E-state index is 9.17. The molecule has 0 saturated heterocycles. The molecule has 0 bridgehead atoms. The fourth-order valence-corrected chi connectivity index (χ4v) is 3.32. The number of hydrogen-bond acceptors (Lipinski definition) is 2. The van der Waals surface area contributed by atoms with Gasteiger partial charge in [0, 0.05) is 6.04 Å². The van der Waals surface area contributed by atoms with Crippen LogP contribution in [0.3, 0.4) is 0 Å². The van der Waals surface area contributed by atoms with E-state index >= 15 is 0 Å². The van der Waals surface area contributed by atoms with Crippen molar-refractivity contribution in [3.8, 4) is 6.07 Å². The Balaban J connectivity index is 1.90. The lowest BCUT2D eigenvalue weighted by Gasteiger charge is -2.29. The van der Waals surface area contributed by atoms with E-state index in [1.165, 1.54) is 43.2 Å². The van der Waals surface area contributed by atoms with Gasteiger partial charge in [-0.1, -0.05) is 61.7 Å². The van der Waals surface area contributed by atoms with Crippen LogP contribution in [0.15, 0.2) is 54.6 Å². The van der Waals surface area contributed by atoms with Gasteiger partial charge in [-0.05, 0) is 36.1 Å². The first kappa shape index (κ1) is 14.8. The Hall–Kier alpha value is -2.11. The summed E-state index contributed by atoms with van der Waals surface area (Å²) < 4.78 is 0. The third-order valence-corrected chi connectivity index (χ3v) is 4.49. The molecular formula is C20H22N2. The maximum Gasteiger partial charge on any atom is 0.0991 e. The second-order valence-electron chi connectivity index (χ2n) is 6.08. The molecule has 1 fully saturated rings. The van der Waals surface area contributed by atoms with Crippen LogP contribution in [0, 0.1) is 11.3 Å². The van der Waals surface area contributed by atoms with Crippen LogP contribution in [0.25, 0.3) is 0 Å². The summed E-state index contributed by atoms with van der Waals surface area (Å²) in [4.78, 5) is 0. The number of rotatable bonds is 4. The minimum Gasteiger partial charge on any atom is -0.303 e. The van der Waals surface area contributed by atoms with Gasteiger partial charge in [0.25, 0.3) is 0 Å². The fourth-order valence-electron chi connectivity index (χ4n) is 3.32. The average Bonchev–Trinajstić information content (AvgIpc) is 2.61. The van der Waals surface area contributed by atoms with Gasteiger partial charge in [0.1, 0.15) is 0 Å². The number of benzene rings is 2. The molecule has 112 valence electrons. The summed E-state index contributed by atoms with van der Waals surface area (Å²) in [5.74, 6) is 0. The molecule has 1 aliphatic rings. The Morgan fingerprint density at radius 3 is 2.36 bits per heavy atom. The summed E-state index contributed by atoms with van der Waals surface area (Å²) in [6, 6.07) is 21.5. The van der Waals surface area contributed by atoms with E-state index < -0.39 is 0 Å². The van der Waals surface area contributed by atoms with E-state index in [1.54, 1.807) is 0 Å². The molecule has 2 nitrogen and oxygen atoms in total. The number of nitrogens with zero attached hydrogens (tertiary/aromatic N) is 1. The van der Waals surface area contributed by atoms with Crippen LogP contribution in [0.5, 0.6) is 0 Å². The van der Waals surface area contributed by atoms with Crippen molar-refractivity contribution in [3.63, 3.8) is 0 Å². The Labute approximate surface area is 132 Å². The first-order valence-electron chi connectivity index (χ1n) is 8.18. The van der Waals surface area contributed by atoms with E-state index in [-0.39, 0.29) is 6.04 Å². The Bertz CT molecular complexity index is 636. The van der Waals surface area contributed by atoms with Crippen molar-refractivity contribution in [2.24, 2.45) is 0 Å². The summed E-state index contributed by atoms with van der Waals surface area (Å²) in [7, 11) is 0. The molecular weight excluding hydrogens is 268 g/mol. The van der Waals surface area contributed by atoms with Gasteiger partial charge in [-0.25, -0.2) is 0 Å². The lowest BCUT2D eigenvalue weighted by atomic mass is 9.91. The van der Waals surface area contributed by atoms with Crippen molar-refractivity contribution in [1.29, 1.82) is 5.26 Å². The first-order chi connectivity index (χ1) is 10.9. The van der Waals surface area contributed by atoms with Gasteiger partial charge in [-0.3, -0.25) is 0 Å². The largest absolute Gasteiger partial charge is 0.303 e. The van der Waals surface area contributed by atoms with E-state index in [1.807, 2.05) is 24.3 Å². The minimum absolute atomic E-state index is 0.164. The molecule has 2 aromatic carbocycles. The van der Waals surface area contributed by atoms with Crippen LogP contribution < -0.4 is 5.32 Å². The molecule has 3 rings (SSSR count). The van der Waals surface area contributed by atoms with Gasteiger partial charge in [0.2, 0.25) is 0 Å². The van der Waals surface area contributed by atoms with Crippen molar-refractivity contribution >= 4 is 0 Å². The predicted molar refractivity (Wildman–Crippen MR) is 89.5 cm³/mol. The van der Waals surface area contributed by atoms with Crippen molar-refractivity contribution in [1.82, 2.24) is 5.32 Å². The molecule has 1 atom stereocenters. The van der Waals surface area contributed by atoms with Crippen molar-refractivity contribution in [2.75, 3.05) is 0 Å². The Morgan fingerprint density at radius 1 is 0.909 bits per heavy atom. The molecule has 1 saturated carbocycles. The van der Waals surface area contributed by atoms with E-state index in [9.17, 15) is 0 Å². The molecule has 1 N–H and O–H groups in total. The minimum atomic E-state index is 0.164. The quantitative estimate of drug-likeness (QED) is 0.895.